The van der Waals surface area contributed by atoms with Gasteiger partial charge >= 0.3 is 0 Å². The van der Waals surface area contributed by atoms with E-state index in [4.69, 9.17) is 4.52 Å². The molecular weight excluding hydrogens is 314 g/mol. The van der Waals surface area contributed by atoms with Crippen LogP contribution in [0.15, 0.2) is 34.9 Å². The highest BCUT2D eigenvalue weighted by molar-refractivity contribution is 5.79. The minimum absolute atomic E-state index is 0.0546. The second-order valence-corrected chi connectivity index (χ2v) is 7.23. The zero-order valence-corrected chi connectivity index (χ0v) is 14.6. The minimum atomic E-state index is -0.0546. The number of amides is 1. The molecule has 1 aromatic carbocycles. The van der Waals surface area contributed by atoms with Gasteiger partial charge in [0.1, 0.15) is 6.04 Å². The summed E-state index contributed by atoms with van der Waals surface area (Å²) in [4.78, 5) is 19.3. The van der Waals surface area contributed by atoms with Crippen LogP contribution in [0.1, 0.15) is 74.2 Å². The summed E-state index contributed by atoms with van der Waals surface area (Å²) in [6, 6.07) is 9.85. The third kappa shape index (κ3) is 3.60. The van der Waals surface area contributed by atoms with Crippen LogP contribution in [0.4, 0.5) is 0 Å². The molecule has 1 amide bonds. The average Bonchev–Trinajstić information content (AvgIpc) is 3.32. The molecule has 1 aliphatic heterocycles. The summed E-state index contributed by atoms with van der Waals surface area (Å²) in [7, 11) is 0. The molecular formula is C20H25N3O2. The molecule has 1 atom stereocenters. The lowest BCUT2D eigenvalue weighted by molar-refractivity contribution is -0.131. The molecule has 0 spiro atoms. The molecule has 132 valence electrons. The van der Waals surface area contributed by atoms with Crippen LogP contribution in [-0.2, 0) is 11.2 Å². The van der Waals surface area contributed by atoms with Crippen molar-refractivity contribution >= 4 is 5.91 Å². The van der Waals surface area contributed by atoms with Gasteiger partial charge in [-0.1, -0.05) is 54.8 Å². The van der Waals surface area contributed by atoms with Gasteiger partial charge in [-0.3, -0.25) is 4.79 Å². The van der Waals surface area contributed by atoms with Gasteiger partial charge in [0, 0.05) is 12.5 Å². The lowest BCUT2D eigenvalue weighted by Gasteiger charge is -2.22. The number of nitrogens with zero attached hydrogens (tertiary/aromatic N) is 3. The number of benzene rings is 1. The van der Waals surface area contributed by atoms with Gasteiger partial charge in [-0.25, -0.2) is 0 Å². The summed E-state index contributed by atoms with van der Waals surface area (Å²) in [6.45, 7) is 0.775. The Labute approximate surface area is 148 Å². The Morgan fingerprint density at radius 3 is 2.68 bits per heavy atom. The second kappa shape index (κ2) is 7.38. The van der Waals surface area contributed by atoms with E-state index in [0.29, 0.717) is 18.2 Å². The Kier molecular flexibility index (Phi) is 4.81. The molecule has 5 nitrogen and oxygen atoms in total. The molecule has 0 bridgehead atoms. The predicted molar refractivity (Wildman–Crippen MR) is 94.0 cm³/mol. The fourth-order valence-corrected chi connectivity index (χ4v) is 4.10. The number of likely N-dealkylation sites (tertiary alicyclic amines) is 1. The maximum Gasteiger partial charge on any atom is 0.249 e. The Bertz CT molecular complexity index is 707. The third-order valence-electron chi connectivity index (χ3n) is 5.48. The van der Waals surface area contributed by atoms with Crippen molar-refractivity contribution in [1.82, 2.24) is 15.0 Å². The summed E-state index contributed by atoms with van der Waals surface area (Å²) in [5.41, 5.74) is 1.05. The van der Waals surface area contributed by atoms with E-state index in [1.807, 2.05) is 35.2 Å². The van der Waals surface area contributed by atoms with Crippen molar-refractivity contribution in [3.8, 4) is 0 Å². The van der Waals surface area contributed by atoms with E-state index in [0.717, 1.165) is 43.6 Å². The SMILES string of the molecule is O=C(Cc1ccccc1)N1CCC[C@@H]1c1nc(C2CCCCC2)no1. The molecule has 1 aliphatic carbocycles. The summed E-state index contributed by atoms with van der Waals surface area (Å²) in [5.74, 6) is 2.05. The van der Waals surface area contributed by atoms with Crippen molar-refractivity contribution in [2.24, 2.45) is 0 Å². The van der Waals surface area contributed by atoms with Gasteiger partial charge in [0.2, 0.25) is 11.8 Å². The Morgan fingerprint density at radius 1 is 1.08 bits per heavy atom. The number of aromatic nitrogens is 2. The summed E-state index contributed by atoms with van der Waals surface area (Å²) >= 11 is 0. The first kappa shape index (κ1) is 16.3. The zero-order valence-electron chi connectivity index (χ0n) is 14.6. The summed E-state index contributed by atoms with van der Waals surface area (Å²) < 4.78 is 5.58. The molecule has 1 saturated carbocycles. The predicted octanol–water partition coefficient (Wildman–Crippen LogP) is 4.02. The normalized spacial score (nSPS) is 21.6. The molecule has 2 aliphatic rings. The van der Waals surface area contributed by atoms with Gasteiger partial charge < -0.3 is 9.42 Å². The highest BCUT2D eigenvalue weighted by atomic mass is 16.5. The zero-order chi connectivity index (χ0) is 17.1. The first-order valence-corrected chi connectivity index (χ1v) is 9.48. The Morgan fingerprint density at radius 2 is 1.88 bits per heavy atom. The van der Waals surface area contributed by atoms with Crippen molar-refractivity contribution in [3.05, 3.63) is 47.6 Å². The Balaban J connectivity index is 1.46. The number of carbonyl (C=O) groups excluding carboxylic acids is 1. The van der Waals surface area contributed by atoms with Crippen molar-refractivity contribution in [2.75, 3.05) is 6.54 Å². The third-order valence-corrected chi connectivity index (χ3v) is 5.48. The van der Waals surface area contributed by atoms with Crippen molar-refractivity contribution in [2.45, 2.75) is 63.3 Å². The van der Waals surface area contributed by atoms with E-state index in [1.54, 1.807) is 0 Å². The van der Waals surface area contributed by atoms with E-state index >= 15 is 0 Å². The molecule has 1 aromatic heterocycles. The molecule has 1 saturated heterocycles. The van der Waals surface area contributed by atoms with Crippen LogP contribution in [0.3, 0.4) is 0 Å². The molecule has 2 aromatic rings. The second-order valence-electron chi connectivity index (χ2n) is 7.23. The number of rotatable bonds is 4. The van der Waals surface area contributed by atoms with Crippen LogP contribution in [0.5, 0.6) is 0 Å². The van der Waals surface area contributed by atoms with Gasteiger partial charge in [-0.05, 0) is 31.2 Å². The number of carbonyl (C=O) groups is 1. The first-order valence-electron chi connectivity index (χ1n) is 9.48. The molecule has 25 heavy (non-hydrogen) atoms. The van der Waals surface area contributed by atoms with E-state index < -0.39 is 0 Å². The van der Waals surface area contributed by atoms with Crippen LogP contribution >= 0.6 is 0 Å². The first-order chi connectivity index (χ1) is 12.3. The highest BCUT2D eigenvalue weighted by Gasteiger charge is 2.34. The fourth-order valence-electron chi connectivity index (χ4n) is 4.10. The van der Waals surface area contributed by atoms with Gasteiger partial charge in [-0.15, -0.1) is 0 Å². The molecule has 2 fully saturated rings. The average molecular weight is 339 g/mol. The molecule has 0 unspecified atom stereocenters. The van der Waals surface area contributed by atoms with Gasteiger partial charge in [0.05, 0.1) is 6.42 Å². The summed E-state index contributed by atoms with van der Waals surface area (Å²) in [6.07, 6.45) is 8.45. The number of hydrogen-bond donors (Lipinski definition) is 0. The van der Waals surface area contributed by atoms with Crippen molar-refractivity contribution in [1.29, 1.82) is 0 Å². The van der Waals surface area contributed by atoms with Crippen molar-refractivity contribution < 1.29 is 9.32 Å². The maximum absolute atomic E-state index is 12.7. The lowest BCUT2D eigenvalue weighted by atomic mass is 9.89. The largest absolute Gasteiger partial charge is 0.337 e. The number of hydrogen-bond acceptors (Lipinski definition) is 4. The Hall–Kier alpha value is -2.17. The summed E-state index contributed by atoms with van der Waals surface area (Å²) in [5, 5.41) is 4.24. The quantitative estimate of drug-likeness (QED) is 0.844. The van der Waals surface area contributed by atoms with Crippen molar-refractivity contribution in [3.63, 3.8) is 0 Å². The van der Waals surface area contributed by atoms with Crippen LogP contribution in [0.2, 0.25) is 0 Å². The van der Waals surface area contributed by atoms with Crippen LogP contribution in [0.25, 0.3) is 0 Å². The minimum Gasteiger partial charge on any atom is -0.337 e. The van der Waals surface area contributed by atoms with E-state index in [9.17, 15) is 4.79 Å². The van der Waals surface area contributed by atoms with Crippen LogP contribution < -0.4 is 0 Å². The van der Waals surface area contributed by atoms with E-state index in [-0.39, 0.29) is 11.9 Å². The molecule has 5 heteroatoms. The molecule has 0 radical (unpaired) electrons. The standard InChI is InChI=1S/C20H25N3O2/c24-18(14-15-8-3-1-4-9-15)23-13-7-12-17(23)20-21-19(22-25-20)16-10-5-2-6-11-16/h1,3-4,8-9,16-17H,2,5-7,10-14H2/t17-/m1/s1. The van der Waals surface area contributed by atoms with Gasteiger partial charge in [0.15, 0.2) is 5.82 Å². The molecule has 4 rings (SSSR count). The molecule has 0 N–H and O–H groups in total. The van der Waals surface area contributed by atoms with E-state index in [1.165, 1.54) is 19.3 Å². The highest BCUT2D eigenvalue weighted by Crippen LogP contribution is 2.35. The topological polar surface area (TPSA) is 59.2 Å². The van der Waals surface area contributed by atoms with Crippen LogP contribution in [0, 0.1) is 0 Å². The van der Waals surface area contributed by atoms with Gasteiger partial charge in [-0.2, -0.15) is 4.98 Å². The van der Waals surface area contributed by atoms with E-state index in [2.05, 4.69) is 10.1 Å². The van der Waals surface area contributed by atoms with Gasteiger partial charge in [0.25, 0.3) is 0 Å². The smallest absolute Gasteiger partial charge is 0.249 e. The van der Waals surface area contributed by atoms with Crippen LogP contribution in [-0.4, -0.2) is 27.5 Å². The lowest BCUT2D eigenvalue weighted by Crippen LogP contribution is -2.32. The maximum atomic E-state index is 12.7. The monoisotopic (exact) mass is 339 g/mol. The fraction of sp³-hybridized carbons (Fsp3) is 0.550. The molecule has 2 heterocycles.